The first-order valence-electron chi connectivity index (χ1n) is 5.68. The molecular weight excluding hydrogens is 238 g/mol. The number of aryl methyl sites for hydroxylation is 1. The van der Waals surface area contributed by atoms with Crippen molar-refractivity contribution in [2.45, 2.75) is 38.5 Å². The van der Waals surface area contributed by atoms with Gasteiger partial charge in [0.15, 0.2) is 0 Å². The summed E-state index contributed by atoms with van der Waals surface area (Å²) in [5, 5.41) is 3.65. The zero-order valence-electron chi connectivity index (χ0n) is 10.4. The van der Waals surface area contributed by atoms with E-state index in [1.807, 2.05) is 18.3 Å². The van der Waals surface area contributed by atoms with Crippen LogP contribution in [0.2, 0.25) is 0 Å². The molecule has 0 bridgehead atoms. The predicted octanol–water partition coefficient (Wildman–Crippen LogP) is 2.73. The molecule has 0 aliphatic rings. The highest BCUT2D eigenvalue weighted by atomic mass is 32.2. The normalized spacial score (nSPS) is 17.0. The predicted molar refractivity (Wildman–Crippen MR) is 73.6 cm³/mol. The summed E-state index contributed by atoms with van der Waals surface area (Å²) in [6.07, 6.45) is 2.87. The van der Waals surface area contributed by atoms with Crippen LogP contribution in [0.5, 0.6) is 0 Å². The third-order valence-electron chi connectivity index (χ3n) is 2.74. The molecule has 3 atom stereocenters. The van der Waals surface area contributed by atoms with Crippen LogP contribution >= 0.6 is 11.3 Å². The van der Waals surface area contributed by atoms with Gasteiger partial charge in [-0.3, -0.25) is 4.21 Å². The Morgan fingerprint density at radius 2 is 2.12 bits per heavy atom. The fraction of sp³-hybridized carbons (Fsp3) is 0.667. The van der Waals surface area contributed by atoms with Gasteiger partial charge in [0.05, 0.1) is 0 Å². The van der Waals surface area contributed by atoms with Gasteiger partial charge in [0.25, 0.3) is 0 Å². The van der Waals surface area contributed by atoms with E-state index in [-0.39, 0.29) is 5.25 Å². The van der Waals surface area contributed by atoms with E-state index in [1.54, 1.807) is 6.26 Å². The van der Waals surface area contributed by atoms with Gasteiger partial charge >= 0.3 is 0 Å². The molecule has 16 heavy (non-hydrogen) atoms. The van der Waals surface area contributed by atoms with Gasteiger partial charge in [0.1, 0.15) is 0 Å². The van der Waals surface area contributed by atoms with Gasteiger partial charge in [0.2, 0.25) is 0 Å². The second-order valence-electron chi connectivity index (χ2n) is 4.10. The summed E-state index contributed by atoms with van der Waals surface area (Å²) in [5.74, 6) is 0. The lowest BCUT2D eigenvalue weighted by Crippen LogP contribution is -2.29. The Morgan fingerprint density at radius 3 is 2.62 bits per heavy atom. The molecule has 1 aromatic heterocycles. The maximum atomic E-state index is 11.2. The molecule has 0 fully saturated rings. The molecule has 0 radical (unpaired) electrons. The van der Waals surface area contributed by atoms with Gasteiger partial charge in [-0.05, 0) is 32.4 Å². The number of nitrogens with one attached hydrogen (secondary N) is 1. The summed E-state index contributed by atoms with van der Waals surface area (Å²) in [6, 6.07) is 4.74. The van der Waals surface area contributed by atoms with Crippen LogP contribution in [0.3, 0.4) is 0 Å². The summed E-state index contributed by atoms with van der Waals surface area (Å²) >= 11 is 1.86. The Bertz CT molecular complexity index is 349. The molecule has 0 spiro atoms. The van der Waals surface area contributed by atoms with E-state index in [1.165, 1.54) is 9.75 Å². The van der Waals surface area contributed by atoms with Crippen molar-refractivity contribution >= 4 is 22.1 Å². The molecule has 0 aliphatic carbocycles. The van der Waals surface area contributed by atoms with Gasteiger partial charge in [0, 0.05) is 44.6 Å². The minimum atomic E-state index is -0.739. The van der Waals surface area contributed by atoms with E-state index in [0.29, 0.717) is 6.04 Å². The zero-order valence-corrected chi connectivity index (χ0v) is 12.1. The zero-order chi connectivity index (χ0) is 12.1. The van der Waals surface area contributed by atoms with Gasteiger partial charge in [-0.2, -0.15) is 0 Å². The van der Waals surface area contributed by atoms with E-state index < -0.39 is 10.8 Å². The first-order valence-corrected chi connectivity index (χ1v) is 8.12. The second kappa shape index (κ2) is 6.52. The standard InChI is InChI=1S/C12H21NOS2/c1-5-11-6-7-12(15-11)10(3)13-8-9(2)16(4)14/h6-7,9-10,13H,5,8H2,1-4H3. The minimum Gasteiger partial charge on any atom is -0.308 e. The summed E-state index contributed by atoms with van der Waals surface area (Å²) < 4.78 is 11.2. The van der Waals surface area contributed by atoms with Crippen LogP contribution in [0.1, 0.15) is 36.6 Å². The van der Waals surface area contributed by atoms with E-state index in [0.717, 1.165) is 13.0 Å². The first-order chi connectivity index (χ1) is 7.54. The Kier molecular flexibility index (Phi) is 5.66. The summed E-state index contributed by atoms with van der Waals surface area (Å²) in [7, 11) is -0.739. The third kappa shape index (κ3) is 4.00. The molecule has 1 heterocycles. The second-order valence-corrected chi connectivity index (χ2v) is 7.10. The molecule has 1 aromatic rings. The van der Waals surface area contributed by atoms with Crippen LogP contribution in [0.25, 0.3) is 0 Å². The Hall–Kier alpha value is -0.190. The van der Waals surface area contributed by atoms with E-state index in [2.05, 4.69) is 31.3 Å². The Labute approximate surface area is 105 Å². The minimum absolute atomic E-state index is 0.216. The third-order valence-corrected chi connectivity index (χ3v) is 5.45. The summed E-state index contributed by atoms with van der Waals surface area (Å²) in [5.41, 5.74) is 0. The molecular formula is C12H21NOS2. The molecule has 1 rings (SSSR count). The summed E-state index contributed by atoms with van der Waals surface area (Å²) in [4.78, 5) is 2.79. The monoisotopic (exact) mass is 259 g/mol. The number of rotatable bonds is 6. The fourth-order valence-corrected chi connectivity index (χ4v) is 2.69. The van der Waals surface area contributed by atoms with Crippen molar-refractivity contribution < 1.29 is 4.21 Å². The average Bonchev–Trinajstić information content (AvgIpc) is 2.73. The van der Waals surface area contributed by atoms with E-state index in [9.17, 15) is 4.21 Å². The van der Waals surface area contributed by atoms with Gasteiger partial charge in [-0.25, -0.2) is 0 Å². The van der Waals surface area contributed by atoms with Crippen LogP contribution in [0.15, 0.2) is 12.1 Å². The number of thiophene rings is 1. The smallest absolute Gasteiger partial charge is 0.0441 e. The van der Waals surface area contributed by atoms with Crippen LogP contribution in [0.4, 0.5) is 0 Å². The van der Waals surface area contributed by atoms with Crippen molar-refractivity contribution in [3.63, 3.8) is 0 Å². The molecule has 92 valence electrons. The van der Waals surface area contributed by atoms with Crippen LogP contribution in [-0.4, -0.2) is 22.3 Å². The van der Waals surface area contributed by atoms with Crippen molar-refractivity contribution in [3.8, 4) is 0 Å². The van der Waals surface area contributed by atoms with Crippen molar-refractivity contribution in [1.82, 2.24) is 5.32 Å². The van der Waals surface area contributed by atoms with Gasteiger partial charge < -0.3 is 5.32 Å². The quantitative estimate of drug-likeness (QED) is 0.851. The largest absolute Gasteiger partial charge is 0.308 e. The molecule has 4 heteroatoms. The number of hydrogen-bond acceptors (Lipinski definition) is 3. The maximum Gasteiger partial charge on any atom is 0.0441 e. The lowest BCUT2D eigenvalue weighted by atomic mass is 10.2. The van der Waals surface area contributed by atoms with Crippen molar-refractivity contribution in [2.24, 2.45) is 0 Å². The molecule has 1 N–H and O–H groups in total. The highest BCUT2D eigenvalue weighted by molar-refractivity contribution is 7.84. The molecule has 0 aromatic carbocycles. The SMILES string of the molecule is CCc1ccc(C(C)NCC(C)S(C)=O)s1. The van der Waals surface area contributed by atoms with E-state index in [4.69, 9.17) is 0 Å². The first kappa shape index (κ1) is 13.9. The highest BCUT2D eigenvalue weighted by Crippen LogP contribution is 2.23. The van der Waals surface area contributed by atoms with Gasteiger partial charge in [-0.1, -0.05) is 6.92 Å². The fourth-order valence-electron chi connectivity index (χ4n) is 1.38. The van der Waals surface area contributed by atoms with Crippen LogP contribution in [-0.2, 0) is 17.2 Å². The van der Waals surface area contributed by atoms with Crippen LogP contribution in [0, 0.1) is 0 Å². The summed E-state index contributed by atoms with van der Waals surface area (Å²) in [6.45, 7) is 7.16. The van der Waals surface area contributed by atoms with Crippen LogP contribution < -0.4 is 5.32 Å². The molecule has 0 amide bonds. The molecule has 0 saturated heterocycles. The Balaban J connectivity index is 2.46. The topological polar surface area (TPSA) is 29.1 Å². The number of hydrogen-bond donors (Lipinski definition) is 1. The molecule has 0 aliphatic heterocycles. The molecule has 2 nitrogen and oxygen atoms in total. The lowest BCUT2D eigenvalue weighted by molar-refractivity contribution is 0.576. The Morgan fingerprint density at radius 1 is 1.44 bits per heavy atom. The van der Waals surface area contributed by atoms with Crippen molar-refractivity contribution in [1.29, 1.82) is 0 Å². The lowest BCUT2D eigenvalue weighted by Gasteiger charge is -2.15. The average molecular weight is 259 g/mol. The van der Waals surface area contributed by atoms with Crippen molar-refractivity contribution in [3.05, 3.63) is 21.9 Å². The van der Waals surface area contributed by atoms with E-state index >= 15 is 0 Å². The molecule has 0 saturated carbocycles. The van der Waals surface area contributed by atoms with Crippen molar-refractivity contribution in [2.75, 3.05) is 12.8 Å². The molecule has 3 unspecified atom stereocenters. The van der Waals surface area contributed by atoms with Gasteiger partial charge in [-0.15, -0.1) is 11.3 Å². The highest BCUT2D eigenvalue weighted by Gasteiger charge is 2.11. The maximum absolute atomic E-state index is 11.2.